The van der Waals surface area contributed by atoms with Crippen molar-refractivity contribution in [3.8, 4) is 11.3 Å². The van der Waals surface area contributed by atoms with Gasteiger partial charge in [0, 0.05) is 5.56 Å². The Morgan fingerprint density at radius 2 is 2.12 bits per heavy atom. The van der Waals surface area contributed by atoms with E-state index in [0.717, 1.165) is 14.1 Å². The molecule has 2 rings (SSSR count). The molecule has 3 nitrogen and oxygen atoms in total. The number of benzene rings is 1. The second-order valence-corrected chi connectivity index (χ2v) is 6.04. The molecule has 0 unspecified atom stereocenters. The van der Waals surface area contributed by atoms with Gasteiger partial charge in [-0.2, -0.15) is 0 Å². The molecule has 1 aromatic carbocycles. The maximum Gasteiger partial charge on any atom is 0.367 e. The molecule has 0 aliphatic rings. The third-order valence-electron chi connectivity index (χ3n) is 2.08. The van der Waals surface area contributed by atoms with Crippen molar-refractivity contribution in [3.05, 3.63) is 38.2 Å². The normalized spacial score (nSPS) is 10.2. The highest BCUT2D eigenvalue weighted by Gasteiger charge is 2.16. The van der Waals surface area contributed by atoms with Crippen LogP contribution in [0.4, 0.5) is 0 Å². The van der Waals surface area contributed by atoms with Gasteiger partial charge >= 0.3 is 5.97 Å². The van der Waals surface area contributed by atoms with E-state index in [0.29, 0.717) is 11.6 Å². The second kappa shape index (κ2) is 5.59. The van der Waals surface area contributed by atoms with E-state index in [1.165, 1.54) is 11.3 Å². The fourth-order valence-corrected chi connectivity index (χ4v) is 3.12. The molecular formula is C12H10INO2S. The number of halogens is 1. The van der Waals surface area contributed by atoms with Crippen molar-refractivity contribution >= 4 is 39.9 Å². The zero-order valence-corrected chi connectivity index (χ0v) is 12.1. The van der Waals surface area contributed by atoms with Crippen molar-refractivity contribution in [1.29, 1.82) is 0 Å². The standard InChI is InChI=1S/C12H10INO2S/c1-2-16-12(15)11-14-9(10(13)17-11)8-6-4-3-5-7-8/h3-7H,2H2,1H3. The summed E-state index contributed by atoms with van der Waals surface area (Å²) in [4.78, 5) is 15.9. The number of aromatic nitrogens is 1. The van der Waals surface area contributed by atoms with Crippen molar-refractivity contribution in [2.75, 3.05) is 6.61 Å². The molecule has 88 valence electrons. The first-order chi connectivity index (χ1) is 8.22. The third-order valence-corrected chi connectivity index (χ3v) is 4.08. The molecule has 0 saturated carbocycles. The van der Waals surface area contributed by atoms with Gasteiger partial charge in [0.1, 0.15) is 0 Å². The fourth-order valence-electron chi connectivity index (χ4n) is 1.36. The summed E-state index contributed by atoms with van der Waals surface area (Å²) in [5.41, 5.74) is 1.86. The summed E-state index contributed by atoms with van der Waals surface area (Å²) in [6.45, 7) is 2.16. The van der Waals surface area contributed by atoms with Crippen LogP contribution in [0, 0.1) is 2.88 Å². The lowest BCUT2D eigenvalue weighted by Gasteiger charge is -1.97. The third kappa shape index (κ3) is 2.84. The van der Waals surface area contributed by atoms with Gasteiger partial charge in [0.25, 0.3) is 0 Å². The molecule has 0 spiro atoms. The van der Waals surface area contributed by atoms with Crippen LogP contribution in [0.3, 0.4) is 0 Å². The minimum atomic E-state index is -0.349. The van der Waals surface area contributed by atoms with E-state index in [-0.39, 0.29) is 5.97 Å². The van der Waals surface area contributed by atoms with Crippen LogP contribution in [-0.4, -0.2) is 17.6 Å². The van der Waals surface area contributed by atoms with Gasteiger partial charge in [-0.05, 0) is 29.5 Å². The summed E-state index contributed by atoms with van der Waals surface area (Å²) >= 11 is 3.55. The van der Waals surface area contributed by atoms with Crippen molar-refractivity contribution in [1.82, 2.24) is 4.98 Å². The van der Waals surface area contributed by atoms with Gasteiger partial charge in [0.2, 0.25) is 5.01 Å². The van der Waals surface area contributed by atoms with Crippen LogP contribution < -0.4 is 0 Å². The molecule has 5 heteroatoms. The first kappa shape index (κ1) is 12.5. The number of thiazole rings is 1. The highest BCUT2D eigenvalue weighted by molar-refractivity contribution is 14.1. The molecule has 1 aromatic heterocycles. The Balaban J connectivity index is 2.35. The minimum absolute atomic E-state index is 0.349. The molecule has 0 radical (unpaired) electrons. The molecule has 0 N–H and O–H groups in total. The van der Waals surface area contributed by atoms with E-state index in [9.17, 15) is 4.79 Å². The molecule has 2 aromatic rings. The van der Waals surface area contributed by atoms with E-state index in [4.69, 9.17) is 4.74 Å². The van der Waals surface area contributed by atoms with Crippen LogP contribution in [0.5, 0.6) is 0 Å². The van der Waals surface area contributed by atoms with Crippen LogP contribution in [-0.2, 0) is 4.74 Å². The fraction of sp³-hybridized carbons (Fsp3) is 0.167. The Morgan fingerprint density at radius 3 is 2.76 bits per heavy atom. The molecule has 17 heavy (non-hydrogen) atoms. The number of nitrogens with zero attached hydrogens (tertiary/aromatic N) is 1. The van der Waals surface area contributed by atoms with E-state index in [1.807, 2.05) is 30.3 Å². The Kier molecular flexibility index (Phi) is 4.11. The van der Waals surface area contributed by atoms with Crippen LogP contribution in [0.25, 0.3) is 11.3 Å². The van der Waals surface area contributed by atoms with Crippen molar-refractivity contribution in [2.24, 2.45) is 0 Å². The molecule has 0 aliphatic heterocycles. The number of carbonyl (C=O) groups is 1. The Labute approximate surface area is 117 Å². The molecular weight excluding hydrogens is 349 g/mol. The molecule has 1 heterocycles. The quantitative estimate of drug-likeness (QED) is 0.621. The summed E-state index contributed by atoms with van der Waals surface area (Å²) in [5.74, 6) is -0.349. The van der Waals surface area contributed by atoms with Crippen LogP contribution in [0.15, 0.2) is 30.3 Å². The van der Waals surface area contributed by atoms with E-state index in [2.05, 4.69) is 27.6 Å². The molecule has 0 fully saturated rings. The minimum Gasteiger partial charge on any atom is -0.461 e. The molecule has 0 atom stereocenters. The monoisotopic (exact) mass is 359 g/mol. The summed E-state index contributed by atoms with van der Waals surface area (Å²) in [6.07, 6.45) is 0. The van der Waals surface area contributed by atoms with Gasteiger partial charge in [-0.25, -0.2) is 9.78 Å². The number of rotatable bonds is 3. The molecule has 0 amide bonds. The summed E-state index contributed by atoms with van der Waals surface area (Å²) in [5, 5.41) is 0.412. The number of hydrogen-bond acceptors (Lipinski definition) is 4. The highest BCUT2D eigenvalue weighted by Crippen LogP contribution is 2.29. The summed E-state index contributed by atoms with van der Waals surface area (Å²) in [7, 11) is 0. The molecule has 0 bridgehead atoms. The number of ether oxygens (including phenoxy) is 1. The van der Waals surface area contributed by atoms with Gasteiger partial charge in [-0.3, -0.25) is 0 Å². The summed E-state index contributed by atoms with van der Waals surface area (Å²) < 4.78 is 5.93. The van der Waals surface area contributed by atoms with Crippen molar-refractivity contribution < 1.29 is 9.53 Å². The van der Waals surface area contributed by atoms with Gasteiger partial charge in [-0.1, -0.05) is 30.3 Å². The predicted molar refractivity (Wildman–Crippen MR) is 76.2 cm³/mol. The molecule has 0 saturated heterocycles. The van der Waals surface area contributed by atoms with Crippen molar-refractivity contribution in [2.45, 2.75) is 6.92 Å². The lowest BCUT2D eigenvalue weighted by atomic mass is 10.2. The molecule has 0 aliphatic carbocycles. The average Bonchev–Trinajstić information content (AvgIpc) is 2.73. The van der Waals surface area contributed by atoms with Crippen LogP contribution in [0.2, 0.25) is 0 Å². The number of hydrogen-bond donors (Lipinski definition) is 0. The first-order valence-corrected chi connectivity index (χ1v) is 7.00. The van der Waals surface area contributed by atoms with Crippen molar-refractivity contribution in [3.63, 3.8) is 0 Å². The lowest BCUT2D eigenvalue weighted by molar-refractivity contribution is 0.0526. The Hall–Kier alpha value is -0.950. The maximum absolute atomic E-state index is 11.6. The van der Waals surface area contributed by atoms with E-state index in [1.54, 1.807) is 6.92 Å². The second-order valence-electron chi connectivity index (χ2n) is 3.23. The Morgan fingerprint density at radius 1 is 1.41 bits per heavy atom. The summed E-state index contributed by atoms with van der Waals surface area (Å²) in [6, 6.07) is 9.82. The highest BCUT2D eigenvalue weighted by atomic mass is 127. The zero-order valence-electron chi connectivity index (χ0n) is 9.14. The Bertz CT molecular complexity index is 525. The zero-order chi connectivity index (χ0) is 12.3. The van der Waals surface area contributed by atoms with Gasteiger partial charge in [-0.15, -0.1) is 11.3 Å². The average molecular weight is 359 g/mol. The lowest BCUT2D eigenvalue weighted by Crippen LogP contribution is -2.03. The van der Waals surface area contributed by atoms with Gasteiger partial charge in [0.05, 0.1) is 15.2 Å². The van der Waals surface area contributed by atoms with E-state index >= 15 is 0 Å². The first-order valence-electron chi connectivity index (χ1n) is 5.11. The predicted octanol–water partition coefficient (Wildman–Crippen LogP) is 3.59. The van der Waals surface area contributed by atoms with Gasteiger partial charge < -0.3 is 4.74 Å². The van der Waals surface area contributed by atoms with Gasteiger partial charge in [0.15, 0.2) is 0 Å². The topological polar surface area (TPSA) is 39.2 Å². The smallest absolute Gasteiger partial charge is 0.367 e. The SMILES string of the molecule is CCOC(=O)c1nc(-c2ccccc2)c(I)s1. The van der Waals surface area contributed by atoms with E-state index < -0.39 is 0 Å². The number of carbonyl (C=O) groups excluding carboxylic acids is 1. The maximum atomic E-state index is 11.6. The van der Waals surface area contributed by atoms with Crippen LogP contribution in [0.1, 0.15) is 16.7 Å². The largest absolute Gasteiger partial charge is 0.461 e. The van der Waals surface area contributed by atoms with Crippen LogP contribution >= 0.6 is 33.9 Å². The number of esters is 1.